The number of benzene rings is 1. The summed E-state index contributed by atoms with van der Waals surface area (Å²) in [6.45, 7) is 4.65. The number of aromatic nitrogens is 1. The molecule has 3 aromatic rings. The Morgan fingerprint density at radius 2 is 1.81 bits per heavy atom. The van der Waals surface area contributed by atoms with Crippen molar-refractivity contribution in [3.05, 3.63) is 60.4 Å². The second-order valence-electron chi connectivity index (χ2n) is 6.78. The number of alkyl halides is 1. The highest BCUT2D eigenvalue weighted by Crippen LogP contribution is 2.34. The number of rotatable bonds is 8. The predicted molar refractivity (Wildman–Crippen MR) is 112 cm³/mol. The topological polar surface area (TPSA) is 47.8 Å². The molecule has 0 aliphatic carbocycles. The molecule has 0 radical (unpaired) electrons. The Morgan fingerprint density at radius 1 is 1.07 bits per heavy atom. The minimum Gasteiger partial charge on any atom is -0.494 e. The van der Waals surface area contributed by atoms with Crippen LogP contribution < -0.4 is 4.74 Å². The summed E-state index contributed by atoms with van der Waals surface area (Å²) < 4.78 is 34.3. The van der Waals surface area contributed by atoms with E-state index in [2.05, 4.69) is 15.9 Å². The zero-order chi connectivity index (χ0) is 19.4. The lowest BCUT2D eigenvalue weighted by atomic mass is 10.1. The Bertz CT molecular complexity index is 1010. The number of pyridine rings is 1. The summed E-state index contributed by atoms with van der Waals surface area (Å²) >= 11 is 3.40. The highest BCUT2D eigenvalue weighted by atomic mass is 79.9. The van der Waals surface area contributed by atoms with E-state index in [4.69, 9.17) is 4.74 Å². The van der Waals surface area contributed by atoms with Crippen molar-refractivity contribution in [2.45, 2.75) is 42.4 Å². The van der Waals surface area contributed by atoms with Gasteiger partial charge in [0.1, 0.15) is 10.6 Å². The van der Waals surface area contributed by atoms with Gasteiger partial charge in [0, 0.05) is 17.7 Å². The Labute approximate surface area is 169 Å². The summed E-state index contributed by atoms with van der Waals surface area (Å²) in [4.78, 5) is 0.679. The van der Waals surface area contributed by atoms with E-state index in [-0.39, 0.29) is 10.8 Å². The zero-order valence-electron chi connectivity index (χ0n) is 15.6. The number of sulfone groups is 1. The van der Waals surface area contributed by atoms with Crippen LogP contribution >= 0.6 is 15.9 Å². The van der Waals surface area contributed by atoms with Gasteiger partial charge in [-0.15, -0.1) is 0 Å². The van der Waals surface area contributed by atoms with Crippen LogP contribution in [0.25, 0.3) is 5.52 Å². The predicted octanol–water partition coefficient (Wildman–Crippen LogP) is 5.45. The van der Waals surface area contributed by atoms with Crippen molar-refractivity contribution >= 4 is 31.3 Å². The first kappa shape index (κ1) is 20.0. The molecule has 144 valence electrons. The molecule has 0 bridgehead atoms. The van der Waals surface area contributed by atoms with Gasteiger partial charge in [-0.05, 0) is 60.7 Å². The molecule has 6 heteroatoms. The van der Waals surface area contributed by atoms with E-state index in [0.717, 1.165) is 23.7 Å². The number of hydrogen-bond acceptors (Lipinski definition) is 3. The van der Waals surface area contributed by atoms with Crippen molar-refractivity contribution in [3.8, 4) is 5.75 Å². The zero-order valence-corrected chi connectivity index (χ0v) is 18.0. The Balaban J connectivity index is 1.95. The first-order valence-electron chi connectivity index (χ1n) is 9.08. The Kier molecular flexibility index (Phi) is 6.27. The standard InChI is InChI=1S/C21H24BrNO3S/c1-16(2)19-15-23-13-5-3-7-20(23)21(19)27(24,25)18-10-8-17(9-11-18)26-14-6-4-12-22/h3,5,7-11,13,15-16H,4,6,12,14H2,1-2H3. The fraction of sp³-hybridized carbons (Fsp3) is 0.333. The van der Waals surface area contributed by atoms with Gasteiger partial charge in [-0.1, -0.05) is 35.8 Å². The lowest BCUT2D eigenvalue weighted by Crippen LogP contribution is -2.05. The van der Waals surface area contributed by atoms with Crippen molar-refractivity contribution in [1.29, 1.82) is 0 Å². The van der Waals surface area contributed by atoms with Crippen LogP contribution in [0.1, 0.15) is 38.2 Å². The van der Waals surface area contributed by atoms with Gasteiger partial charge < -0.3 is 9.14 Å². The largest absolute Gasteiger partial charge is 0.494 e. The third kappa shape index (κ3) is 4.22. The van der Waals surface area contributed by atoms with Crippen LogP contribution in [-0.2, 0) is 9.84 Å². The number of hydrogen-bond donors (Lipinski definition) is 0. The van der Waals surface area contributed by atoms with Crippen molar-refractivity contribution in [3.63, 3.8) is 0 Å². The smallest absolute Gasteiger partial charge is 0.209 e. The second kappa shape index (κ2) is 8.48. The summed E-state index contributed by atoms with van der Waals surface area (Å²) in [5.41, 5.74) is 1.53. The molecule has 0 aliphatic rings. The van der Waals surface area contributed by atoms with Crippen LogP contribution in [-0.4, -0.2) is 24.8 Å². The molecule has 0 saturated heterocycles. The molecular weight excluding hydrogens is 426 g/mol. The van der Waals surface area contributed by atoms with Gasteiger partial charge in [-0.25, -0.2) is 8.42 Å². The fourth-order valence-electron chi connectivity index (χ4n) is 3.04. The van der Waals surface area contributed by atoms with Crippen LogP contribution in [0.3, 0.4) is 0 Å². The lowest BCUT2D eigenvalue weighted by Gasteiger charge is -2.10. The molecule has 0 amide bonds. The number of fused-ring (bicyclic) bond motifs is 1. The van der Waals surface area contributed by atoms with Crippen LogP contribution in [0.4, 0.5) is 0 Å². The van der Waals surface area contributed by atoms with E-state index in [9.17, 15) is 8.42 Å². The van der Waals surface area contributed by atoms with Crippen molar-refractivity contribution < 1.29 is 13.2 Å². The van der Waals surface area contributed by atoms with Gasteiger partial charge in [0.25, 0.3) is 0 Å². The first-order chi connectivity index (χ1) is 12.9. The molecule has 27 heavy (non-hydrogen) atoms. The highest BCUT2D eigenvalue weighted by Gasteiger charge is 2.27. The Hall–Kier alpha value is -1.79. The average Bonchev–Trinajstić information content (AvgIpc) is 3.06. The quantitative estimate of drug-likeness (QED) is 0.339. The number of nitrogens with zero attached hydrogens (tertiary/aromatic N) is 1. The maximum atomic E-state index is 13.4. The molecule has 0 spiro atoms. The van der Waals surface area contributed by atoms with Crippen LogP contribution in [0.2, 0.25) is 0 Å². The van der Waals surface area contributed by atoms with Gasteiger partial charge in [0.15, 0.2) is 0 Å². The van der Waals surface area contributed by atoms with Gasteiger partial charge in [-0.2, -0.15) is 0 Å². The molecule has 0 unspecified atom stereocenters. The van der Waals surface area contributed by atoms with Crippen molar-refractivity contribution in [2.75, 3.05) is 11.9 Å². The normalized spacial score (nSPS) is 12.0. The molecule has 3 rings (SSSR count). The summed E-state index contributed by atoms with van der Waals surface area (Å²) in [6.07, 6.45) is 5.80. The van der Waals surface area contributed by atoms with E-state index in [1.165, 1.54) is 0 Å². The molecule has 0 fully saturated rings. The third-order valence-corrected chi connectivity index (χ3v) is 6.92. The summed E-state index contributed by atoms with van der Waals surface area (Å²) in [5, 5.41) is 0.956. The molecule has 0 atom stereocenters. The fourth-order valence-corrected chi connectivity index (χ4v) is 5.21. The van der Waals surface area contributed by atoms with Crippen LogP contribution in [0.15, 0.2) is 64.6 Å². The van der Waals surface area contributed by atoms with Crippen molar-refractivity contribution in [2.24, 2.45) is 0 Å². The van der Waals surface area contributed by atoms with E-state index >= 15 is 0 Å². The molecule has 0 saturated carbocycles. The number of ether oxygens (including phenoxy) is 1. The minimum atomic E-state index is -3.63. The van der Waals surface area contributed by atoms with E-state index in [1.54, 1.807) is 24.3 Å². The van der Waals surface area contributed by atoms with Crippen LogP contribution in [0.5, 0.6) is 5.75 Å². The molecule has 0 N–H and O–H groups in total. The SMILES string of the molecule is CC(C)c1cn2ccccc2c1S(=O)(=O)c1ccc(OCCCCBr)cc1. The number of halogens is 1. The molecular formula is C21H24BrNO3S. The second-order valence-corrected chi connectivity index (χ2v) is 9.46. The van der Waals surface area contributed by atoms with Crippen molar-refractivity contribution in [1.82, 2.24) is 4.40 Å². The van der Waals surface area contributed by atoms with Crippen LogP contribution in [0, 0.1) is 0 Å². The molecule has 2 aromatic heterocycles. The molecule has 2 heterocycles. The van der Waals surface area contributed by atoms with E-state index in [1.807, 2.05) is 48.8 Å². The summed E-state index contributed by atoms with van der Waals surface area (Å²) in [6, 6.07) is 12.3. The lowest BCUT2D eigenvalue weighted by molar-refractivity contribution is 0.310. The highest BCUT2D eigenvalue weighted by molar-refractivity contribution is 9.09. The molecule has 1 aromatic carbocycles. The van der Waals surface area contributed by atoms with Gasteiger partial charge in [0.2, 0.25) is 9.84 Å². The minimum absolute atomic E-state index is 0.103. The first-order valence-corrected chi connectivity index (χ1v) is 11.7. The molecule has 4 nitrogen and oxygen atoms in total. The van der Waals surface area contributed by atoms with Gasteiger partial charge in [-0.3, -0.25) is 0 Å². The average molecular weight is 450 g/mol. The maximum absolute atomic E-state index is 13.4. The Morgan fingerprint density at radius 3 is 2.48 bits per heavy atom. The van der Waals surface area contributed by atoms with E-state index in [0.29, 0.717) is 22.8 Å². The van der Waals surface area contributed by atoms with E-state index < -0.39 is 9.84 Å². The number of unbranched alkanes of at least 4 members (excludes halogenated alkanes) is 1. The third-order valence-electron chi connectivity index (χ3n) is 4.48. The maximum Gasteiger partial charge on any atom is 0.209 e. The van der Waals surface area contributed by atoms with Gasteiger partial charge >= 0.3 is 0 Å². The monoisotopic (exact) mass is 449 g/mol. The van der Waals surface area contributed by atoms with Gasteiger partial charge in [0.05, 0.1) is 17.0 Å². The summed E-state index contributed by atoms with van der Waals surface area (Å²) in [5.74, 6) is 0.793. The summed E-state index contributed by atoms with van der Waals surface area (Å²) in [7, 11) is -3.63. The molecule has 0 aliphatic heterocycles.